The molecule has 0 radical (unpaired) electrons. The van der Waals surface area contributed by atoms with Gasteiger partial charge in [-0.15, -0.1) is 6.58 Å². The number of nitrogens with zero attached hydrogens (tertiary/aromatic N) is 2. The van der Waals surface area contributed by atoms with E-state index in [0.717, 1.165) is 11.1 Å². The van der Waals surface area contributed by atoms with Gasteiger partial charge >= 0.3 is 6.09 Å². The molecule has 15 heteroatoms. The monoisotopic (exact) mass is 881 g/mol. The smallest absolute Gasteiger partial charge is 0.408 e. The number of amides is 4. The lowest BCUT2D eigenvalue weighted by molar-refractivity contribution is -0.143. The molecule has 3 aromatic carbocycles. The van der Waals surface area contributed by atoms with Crippen molar-refractivity contribution in [2.75, 3.05) is 13.7 Å². The Kier molecular flexibility index (Phi) is 12.8. The van der Waals surface area contributed by atoms with E-state index in [1.807, 2.05) is 57.2 Å². The van der Waals surface area contributed by atoms with Crippen molar-refractivity contribution in [1.82, 2.24) is 25.2 Å². The van der Waals surface area contributed by atoms with Gasteiger partial charge in [-0.25, -0.2) is 22.9 Å². The Bertz CT molecular complexity index is 2510. The Labute approximate surface area is 370 Å². The van der Waals surface area contributed by atoms with Crippen molar-refractivity contribution in [2.45, 2.75) is 115 Å². The van der Waals surface area contributed by atoms with Gasteiger partial charge in [0, 0.05) is 35.4 Å². The van der Waals surface area contributed by atoms with Gasteiger partial charge in [0.1, 0.15) is 40.8 Å². The predicted octanol–water partition coefficient (Wildman–Crippen LogP) is 7.06. The van der Waals surface area contributed by atoms with Crippen molar-refractivity contribution in [2.24, 2.45) is 11.3 Å². The van der Waals surface area contributed by atoms with Crippen LogP contribution in [0.3, 0.4) is 0 Å². The maximum Gasteiger partial charge on any atom is 0.408 e. The highest BCUT2D eigenvalue weighted by Gasteiger charge is 2.61. The van der Waals surface area contributed by atoms with Crippen molar-refractivity contribution < 1.29 is 41.8 Å². The summed E-state index contributed by atoms with van der Waals surface area (Å²) in [6.07, 6.45) is -0.0304. The van der Waals surface area contributed by atoms with Crippen molar-refractivity contribution in [3.63, 3.8) is 0 Å². The number of alkyl carbamates (subject to hydrolysis) is 1. The summed E-state index contributed by atoms with van der Waals surface area (Å²) in [5, 5.41) is 6.23. The summed E-state index contributed by atoms with van der Waals surface area (Å²) in [4.78, 5) is 62.8. The zero-order valence-electron chi connectivity index (χ0n) is 37.7. The maximum atomic E-state index is 14.8. The van der Waals surface area contributed by atoms with E-state index in [2.05, 4.69) is 21.9 Å². The molecular weight excluding hydrogens is 823 g/mol. The Balaban J connectivity index is 1.34. The number of sulfonamides is 1. The summed E-state index contributed by atoms with van der Waals surface area (Å²) in [6.45, 7) is 20.2. The van der Waals surface area contributed by atoms with E-state index in [1.165, 1.54) is 23.1 Å². The first-order chi connectivity index (χ1) is 29.3. The fraction of sp³-hybridized carbons (Fsp3) is 0.438. The number of nitrogens with one attached hydrogen (secondary N) is 3. The van der Waals surface area contributed by atoms with Gasteiger partial charge in [-0.05, 0) is 67.9 Å². The van der Waals surface area contributed by atoms with Crippen molar-refractivity contribution in [1.29, 1.82) is 0 Å². The van der Waals surface area contributed by atoms with E-state index in [-0.39, 0.29) is 29.7 Å². The van der Waals surface area contributed by atoms with E-state index < -0.39 is 74.5 Å². The third kappa shape index (κ3) is 10.5. The Morgan fingerprint density at radius 2 is 1.59 bits per heavy atom. The minimum atomic E-state index is -4.35. The molecule has 4 aromatic rings. The fourth-order valence-electron chi connectivity index (χ4n) is 7.70. The fourth-order valence-corrected chi connectivity index (χ4v) is 8.73. The number of rotatable bonds is 12. The average molecular weight is 882 g/mol. The highest BCUT2D eigenvalue weighted by atomic mass is 32.2. The van der Waals surface area contributed by atoms with Crippen LogP contribution >= 0.6 is 0 Å². The summed E-state index contributed by atoms with van der Waals surface area (Å²) in [6, 6.07) is 20.6. The number of pyridine rings is 1. The molecule has 5 atom stereocenters. The first kappa shape index (κ1) is 46.5. The van der Waals surface area contributed by atoms with Crippen LogP contribution in [0.2, 0.25) is 0 Å². The second-order valence-electron chi connectivity index (χ2n) is 19.4. The summed E-state index contributed by atoms with van der Waals surface area (Å²) in [7, 11) is -2.79. The number of methoxy groups -OCH3 is 1. The standard InChI is InChI=1S/C48H59N5O9S/c1-12-30-27-48(30,43(56)52-63(58,59)34-21-18-31(19-22-34)45(2,3)4)51-41(54)38-25-33(28-53(38)42(55)40(46(5,6)7)50-44(57)62-47(8,9)10)61-39-26-36(29-16-14-13-15-17-29)49-37-24-32(60-11)20-23-35(37)39/h12-24,26,30,33,38,40H,1,25,27-28H2,2-11H3,(H,50,57)(H,51,54)(H,52,56). The number of carbonyl (C=O) groups excluding carboxylic acids is 4. The minimum absolute atomic E-state index is 0.0175. The van der Waals surface area contributed by atoms with Gasteiger partial charge in [0.25, 0.3) is 15.9 Å². The largest absolute Gasteiger partial charge is 0.497 e. The highest BCUT2D eigenvalue weighted by molar-refractivity contribution is 7.90. The lowest BCUT2D eigenvalue weighted by Gasteiger charge is -2.36. The molecule has 63 heavy (non-hydrogen) atoms. The first-order valence-corrected chi connectivity index (χ1v) is 22.5. The molecule has 4 amide bonds. The number of carbonyl (C=O) groups is 4. The highest BCUT2D eigenvalue weighted by Crippen LogP contribution is 2.45. The molecule has 3 N–H and O–H groups in total. The molecule has 2 aliphatic rings. The maximum absolute atomic E-state index is 14.8. The molecule has 2 fully saturated rings. The van der Waals surface area contributed by atoms with E-state index in [4.69, 9.17) is 19.2 Å². The lowest BCUT2D eigenvalue weighted by atomic mass is 9.85. The Hall–Kier alpha value is -5.96. The van der Waals surface area contributed by atoms with Gasteiger partial charge in [0.05, 0.1) is 29.8 Å². The van der Waals surface area contributed by atoms with Gasteiger partial charge in [0.15, 0.2) is 0 Å². The molecule has 5 unspecified atom stereocenters. The molecule has 336 valence electrons. The Morgan fingerprint density at radius 1 is 0.921 bits per heavy atom. The normalized spacial score (nSPS) is 20.6. The number of fused-ring (bicyclic) bond motifs is 1. The zero-order chi connectivity index (χ0) is 46.3. The van der Waals surface area contributed by atoms with Crippen LogP contribution in [0, 0.1) is 11.3 Å². The molecule has 1 aromatic heterocycles. The molecule has 1 aliphatic carbocycles. The van der Waals surface area contributed by atoms with Gasteiger partial charge in [-0.2, -0.15) is 0 Å². The number of benzene rings is 3. The number of hydrogen-bond donors (Lipinski definition) is 3. The van der Waals surface area contributed by atoms with E-state index in [9.17, 15) is 27.6 Å². The summed E-state index contributed by atoms with van der Waals surface area (Å²) >= 11 is 0. The number of likely N-dealkylation sites (tertiary alicyclic amines) is 1. The van der Waals surface area contributed by atoms with Crippen LogP contribution in [0.15, 0.2) is 96.4 Å². The van der Waals surface area contributed by atoms with Crippen LogP contribution in [-0.4, -0.2) is 85.1 Å². The quantitative estimate of drug-likeness (QED) is 0.125. The third-order valence-electron chi connectivity index (χ3n) is 11.3. The molecule has 14 nitrogen and oxygen atoms in total. The van der Waals surface area contributed by atoms with E-state index in [0.29, 0.717) is 28.1 Å². The number of aromatic nitrogens is 1. The molecule has 0 spiro atoms. The summed E-state index contributed by atoms with van der Waals surface area (Å²) in [5.74, 6) is -1.79. The lowest BCUT2D eigenvalue weighted by Crippen LogP contribution is -2.60. The molecule has 0 bridgehead atoms. The van der Waals surface area contributed by atoms with Crippen LogP contribution in [0.4, 0.5) is 4.79 Å². The van der Waals surface area contributed by atoms with Crippen LogP contribution < -0.4 is 24.8 Å². The molecular formula is C48H59N5O9S. The first-order valence-electron chi connectivity index (χ1n) is 21.0. The molecule has 6 rings (SSSR count). The number of hydrogen-bond acceptors (Lipinski definition) is 10. The molecule has 1 saturated heterocycles. The molecule has 1 aliphatic heterocycles. The van der Waals surface area contributed by atoms with E-state index >= 15 is 0 Å². The number of ether oxygens (including phenoxy) is 3. The van der Waals surface area contributed by atoms with Crippen LogP contribution in [0.1, 0.15) is 80.7 Å². The predicted molar refractivity (Wildman–Crippen MR) is 241 cm³/mol. The van der Waals surface area contributed by atoms with Crippen molar-refractivity contribution in [3.8, 4) is 22.8 Å². The van der Waals surface area contributed by atoms with Crippen LogP contribution in [0.25, 0.3) is 22.2 Å². The second-order valence-corrected chi connectivity index (χ2v) is 21.1. The van der Waals surface area contributed by atoms with Gasteiger partial charge in [-0.1, -0.05) is 90.1 Å². The molecule has 2 heterocycles. The van der Waals surface area contributed by atoms with Gasteiger partial charge in [0.2, 0.25) is 11.8 Å². The second kappa shape index (κ2) is 17.3. The molecule has 1 saturated carbocycles. The van der Waals surface area contributed by atoms with Crippen molar-refractivity contribution in [3.05, 3.63) is 97.1 Å². The summed E-state index contributed by atoms with van der Waals surface area (Å²) < 4.78 is 47.1. The Morgan fingerprint density at radius 3 is 2.16 bits per heavy atom. The van der Waals surface area contributed by atoms with Gasteiger partial charge < -0.3 is 29.7 Å². The SMILES string of the molecule is C=CC1CC1(NC(=O)C1CC(Oc2cc(-c3ccccc3)nc3cc(OC)ccc23)CN1C(=O)C(NC(=O)OC(C)(C)C)C(C)(C)C)C(=O)NS(=O)(=O)c1ccc(C(C)(C)C)cc1. The summed E-state index contributed by atoms with van der Waals surface area (Å²) in [5.41, 5.74) is -0.650. The topological polar surface area (TPSA) is 182 Å². The third-order valence-corrected chi connectivity index (χ3v) is 12.6. The van der Waals surface area contributed by atoms with Gasteiger partial charge in [-0.3, -0.25) is 14.4 Å². The van der Waals surface area contributed by atoms with Crippen LogP contribution in [0.5, 0.6) is 11.5 Å². The minimum Gasteiger partial charge on any atom is -0.497 e. The van der Waals surface area contributed by atoms with Crippen LogP contribution in [-0.2, 0) is 34.6 Å². The average Bonchev–Trinajstić information content (AvgIpc) is 3.77. The van der Waals surface area contributed by atoms with Crippen molar-refractivity contribution >= 4 is 44.7 Å². The zero-order valence-corrected chi connectivity index (χ0v) is 38.5. The van der Waals surface area contributed by atoms with E-state index in [1.54, 1.807) is 79.0 Å².